The van der Waals surface area contributed by atoms with Gasteiger partial charge in [-0.15, -0.1) is 0 Å². The highest BCUT2D eigenvalue weighted by molar-refractivity contribution is 7.80. The molecule has 1 rings (SSSR count). The van der Waals surface area contributed by atoms with Gasteiger partial charge in [0.05, 0.1) is 5.69 Å². The second-order valence-electron chi connectivity index (χ2n) is 5.79. The number of nitrogens with zero attached hydrogens (tertiary/aromatic N) is 1. The van der Waals surface area contributed by atoms with Gasteiger partial charge in [-0.3, -0.25) is 0 Å². The molecule has 1 aromatic rings. The third-order valence-corrected chi connectivity index (χ3v) is 4.19. The van der Waals surface area contributed by atoms with Gasteiger partial charge in [-0.2, -0.15) is 0 Å². The van der Waals surface area contributed by atoms with Gasteiger partial charge >= 0.3 is 0 Å². The molecule has 0 radical (unpaired) electrons. The summed E-state index contributed by atoms with van der Waals surface area (Å²) in [6.45, 7) is 8.72. The quantitative estimate of drug-likeness (QED) is 0.490. The first-order valence-corrected chi connectivity index (χ1v) is 8.59. The molecule has 0 aliphatic heterocycles. The number of pyridine rings is 1. The summed E-state index contributed by atoms with van der Waals surface area (Å²) in [5.74, 6) is 0.974. The van der Waals surface area contributed by atoms with Crippen molar-refractivity contribution in [3.05, 3.63) is 16.8 Å². The largest absolute Gasteiger partial charge is 0.506 e. The van der Waals surface area contributed by atoms with Crippen LogP contribution in [0.5, 0.6) is 5.75 Å². The second-order valence-corrected chi connectivity index (χ2v) is 6.20. The Morgan fingerprint density at radius 1 is 1.05 bits per heavy atom. The number of hydrogen-bond donors (Lipinski definition) is 3. The molecule has 0 aromatic carbocycles. The van der Waals surface area contributed by atoms with E-state index in [9.17, 15) is 5.11 Å². The average molecular weight is 324 g/mol. The van der Waals surface area contributed by atoms with E-state index in [0.717, 1.165) is 24.1 Å². The molecule has 124 valence electrons. The molecule has 0 fully saturated rings. The minimum absolute atomic E-state index is 0.258. The first-order valence-electron chi connectivity index (χ1n) is 8.19. The zero-order valence-corrected chi connectivity index (χ0v) is 15.1. The van der Waals surface area contributed by atoms with Gasteiger partial charge in [0.2, 0.25) is 0 Å². The summed E-state index contributed by atoms with van der Waals surface area (Å²) in [5, 5.41) is 16.8. The Kier molecular flexibility index (Phi) is 8.17. The van der Waals surface area contributed by atoms with Crippen LogP contribution in [0.25, 0.3) is 0 Å². The van der Waals surface area contributed by atoms with Crippen molar-refractivity contribution in [3.63, 3.8) is 0 Å². The monoisotopic (exact) mass is 323 g/mol. The number of aromatic hydroxyl groups is 1. The summed E-state index contributed by atoms with van der Waals surface area (Å²) < 4.78 is 0. The summed E-state index contributed by atoms with van der Waals surface area (Å²) in [7, 11) is 0. The molecule has 0 spiro atoms. The van der Waals surface area contributed by atoms with Crippen molar-refractivity contribution in [2.45, 2.75) is 66.2 Å². The molecule has 0 bridgehead atoms. The Hall–Kier alpha value is -1.36. The molecule has 22 heavy (non-hydrogen) atoms. The number of aryl methyl sites for hydroxylation is 1. The number of thiocarbonyl (C=S) groups is 1. The molecule has 0 aliphatic carbocycles. The number of hydrogen-bond acceptors (Lipinski definition) is 3. The molecule has 0 atom stereocenters. The summed E-state index contributed by atoms with van der Waals surface area (Å²) in [4.78, 5) is 4.36. The summed E-state index contributed by atoms with van der Waals surface area (Å²) in [6, 6.07) is 0. The molecular formula is C17H29N3OS. The van der Waals surface area contributed by atoms with E-state index >= 15 is 0 Å². The zero-order valence-electron chi connectivity index (χ0n) is 14.3. The number of nitrogens with one attached hydrogen (secondary N) is 2. The van der Waals surface area contributed by atoms with Gasteiger partial charge < -0.3 is 15.7 Å². The van der Waals surface area contributed by atoms with Gasteiger partial charge in [0.15, 0.2) is 5.11 Å². The van der Waals surface area contributed by atoms with E-state index in [2.05, 4.69) is 22.5 Å². The molecule has 0 saturated carbocycles. The predicted octanol–water partition coefficient (Wildman–Crippen LogP) is 4.36. The highest BCUT2D eigenvalue weighted by Crippen LogP contribution is 2.27. The number of rotatable bonds is 8. The molecule has 1 aromatic heterocycles. The van der Waals surface area contributed by atoms with Crippen LogP contribution in [-0.4, -0.2) is 21.7 Å². The smallest absolute Gasteiger partial charge is 0.171 e. The van der Waals surface area contributed by atoms with Crippen LogP contribution >= 0.6 is 12.2 Å². The van der Waals surface area contributed by atoms with Crippen LogP contribution in [0.2, 0.25) is 0 Å². The molecule has 3 N–H and O–H groups in total. The third kappa shape index (κ3) is 5.79. The van der Waals surface area contributed by atoms with Crippen LogP contribution in [0, 0.1) is 20.8 Å². The van der Waals surface area contributed by atoms with Crippen LogP contribution < -0.4 is 10.6 Å². The van der Waals surface area contributed by atoms with E-state index in [1.165, 1.54) is 32.1 Å². The minimum Gasteiger partial charge on any atom is -0.506 e. The Labute approximate surface area is 139 Å². The molecule has 4 nitrogen and oxygen atoms in total. The van der Waals surface area contributed by atoms with Crippen molar-refractivity contribution in [3.8, 4) is 5.75 Å². The van der Waals surface area contributed by atoms with E-state index in [1.807, 2.05) is 13.8 Å². The Bertz CT molecular complexity index is 503. The van der Waals surface area contributed by atoms with Gasteiger partial charge in [0.1, 0.15) is 11.6 Å². The first-order chi connectivity index (χ1) is 10.5. The fourth-order valence-electron chi connectivity index (χ4n) is 2.31. The lowest BCUT2D eigenvalue weighted by molar-refractivity contribution is 0.463. The normalized spacial score (nSPS) is 10.5. The van der Waals surface area contributed by atoms with Gasteiger partial charge in [-0.05, 0) is 50.5 Å². The van der Waals surface area contributed by atoms with Gasteiger partial charge in [0, 0.05) is 6.54 Å². The number of anilines is 1. The highest BCUT2D eigenvalue weighted by atomic mass is 32.1. The molecule has 0 amide bonds. The van der Waals surface area contributed by atoms with Crippen LogP contribution in [-0.2, 0) is 0 Å². The number of aromatic nitrogens is 1. The van der Waals surface area contributed by atoms with Gasteiger partial charge in [-0.1, -0.05) is 39.0 Å². The van der Waals surface area contributed by atoms with Gasteiger partial charge in [0.25, 0.3) is 0 Å². The van der Waals surface area contributed by atoms with Crippen LogP contribution in [0.4, 0.5) is 5.82 Å². The van der Waals surface area contributed by atoms with Crippen molar-refractivity contribution < 1.29 is 5.11 Å². The Morgan fingerprint density at radius 2 is 1.68 bits per heavy atom. The maximum absolute atomic E-state index is 9.87. The third-order valence-electron chi connectivity index (χ3n) is 3.94. The van der Waals surface area contributed by atoms with E-state index in [1.54, 1.807) is 6.92 Å². The Morgan fingerprint density at radius 3 is 2.36 bits per heavy atom. The molecule has 0 saturated heterocycles. The first kappa shape index (κ1) is 18.7. The fourth-order valence-corrected chi connectivity index (χ4v) is 2.51. The number of unbranched alkanes of at least 4 members (excludes halogenated alkanes) is 5. The Balaban J connectivity index is 2.37. The van der Waals surface area contributed by atoms with E-state index in [-0.39, 0.29) is 5.75 Å². The molecule has 0 aliphatic rings. The lowest BCUT2D eigenvalue weighted by Gasteiger charge is -2.15. The minimum atomic E-state index is 0.258. The lowest BCUT2D eigenvalue weighted by Crippen LogP contribution is -2.30. The molecule has 1 heterocycles. The molecular weight excluding hydrogens is 294 g/mol. The summed E-state index contributed by atoms with van der Waals surface area (Å²) in [6.07, 6.45) is 7.61. The summed E-state index contributed by atoms with van der Waals surface area (Å²) in [5.41, 5.74) is 2.38. The topological polar surface area (TPSA) is 57.2 Å². The fraction of sp³-hybridized carbons (Fsp3) is 0.647. The zero-order chi connectivity index (χ0) is 16.5. The van der Waals surface area contributed by atoms with Crippen molar-refractivity contribution in [1.82, 2.24) is 10.3 Å². The summed E-state index contributed by atoms with van der Waals surface area (Å²) >= 11 is 5.31. The predicted molar refractivity (Wildman–Crippen MR) is 97.7 cm³/mol. The van der Waals surface area contributed by atoms with E-state index in [0.29, 0.717) is 16.6 Å². The maximum Gasteiger partial charge on any atom is 0.171 e. The van der Waals surface area contributed by atoms with Crippen LogP contribution in [0.3, 0.4) is 0 Å². The maximum atomic E-state index is 9.87. The standard InChI is InChI=1S/C17H29N3OS/c1-5-6-7-8-9-10-11-18-17(22)20-16-13(3)12(2)15(21)14(4)19-16/h21H,5-11H2,1-4H3,(H2,18,19,20,22). The SMILES string of the molecule is CCCCCCCCNC(=S)Nc1nc(C)c(O)c(C)c1C. The van der Waals surface area contributed by atoms with Gasteiger partial charge in [-0.25, -0.2) is 4.98 Å². The van der Waals surface area contributed by atoms with Crippen molar-refractivity contribution in [2.75, 3.05) is 11.9 Å². The lowest BCUT2D eigenvalue weighted by atomic mass is 10.1. The van der Waals surface area contributed by atoms with Crippen molar-refractivity contribution in [2.24, 2.45) is 0 Å². The van der Waals surface area contributed by atoms with Crippen molar-refractivity contribution >= 4 is 23.1 Å². The second kappa shape index (κ2) is 9.62. The van der Waals surface area contributed by atoms with Crippen molar-refractivity contribution in [1.29, 1.82) is 0 Å². The van der Waals surface area contributed by atoms with Crippen LogP contribution in [0.15, 0.2) is 0 Å². The molecule has 0 unspecified atom stereocenters. The van der Waals surface area contributed by atoms with E-state index < -0.39 is 0 Å². The van der Waals surface area contributed by atoms with E-state index in [4.69, 9.17) is 12.2 Å². The molecule has 5 heteroatoms. The van der Waals surface area contributed by atoms with Crippen LogP contribution in [0.1, 0.15) is 62.3 Å². The highest BCUT2D eigenvalue weighted by Gasteiger charge is 2.11. The average Bonchev–Trinajstić information content (AvgIpc) is 2.49.